The van der Waals surface area contributed by atoms with Crippen molar-refractivity contribution >= 4 is 0 Å². The Labute approximate surface area is 125 Å². The molecule has 1 heterocycles. The summed E-state index contributed by atoms with van der Waals surface area (Å²) in [6.45, 7) is 4.99. The molecule has 0 amide bonds. The molecule has 1 aromatic carbocycles. The van der Waals surface area contributed by atoms with Gasteiger partial charge in [0.25, 0.3) is 0 Å². The van der Waals surface area contributed by atoms with Gasteiger partial charge in [-0.25, -0.2) is 0 Å². The number of rotatable bonds is 1. The lowest BCUT2D eigenvalue weighted by molar-refractivity contribution is -0.386. The number of hydrogen-bond acceptors (Lipinski definition) is 5. The van der Waals surface area contributed by atoms with Gasteiger partial charge in [0.1, 0.15) is 13.2 Å². The van der Waals surface area contributed by atoms with E-state index >= 15 is 0 Å². The average molecular weight is 298 g/mol. The van der Waals surface area contributed by atoms with E-state index in [2.05, 4.69) is 5.73 Å². The van der Waals surface area contributed by atoms with Gasteiger partial charge in [-0.05, 0) is 18.2 Å². The highest BCUT2D eigenvalue weighted by molar-refractivity contribution is 5.42. The molecule has 1 aliphatic rings. The van der Waals surface area contributed by atoms with E-state index in [1.807, 2.05) is 18.2 Å². The second-order valence-corrected chi connectivity index (χ2v) is 4.57. The number of fused-ring (bicyclic) bond motifs is 1. The molecule has 0 aliphatic carbocycles. The zero-order valence-corrected chi connectivity index (χ0v) is 12.3. The molecule has 21 heavy (non-hydrogen) atoms. The second-order valence-electron chi connectivity index (χ2n) is 4.57. The first-order valence-corrected chi connectivity index (χ1v) is 7.31. The van der Waals surface area contributed by atoms with Crippen molar-refractivity contribution in [3.8, 4) is 11.5 Å². The van der Waals surface area contributed by atoms with Crippen molar-refractivity contribution in [1.82, 2.24) is 0 Å². The predicted molar refractivity (Wildman–Crippen MR) is 76.5 cm³/mol. The van der Waals surface area contributed by atoms with E-state index in [-0.39, 0.29) is 0 Å². The van der Waals surface area contributed by atoms with Crippen LogP contribution in [0.15, 0.2) is 18.2 Å². The summed E-state index contributed by atoms with van der Waals surface area (Å²) >= 11 is 0. The Balaban J connectivity index is 1.96. The van der Waals surface area contributed by atoms with Gasteiger partial charge in [0.15, 0.2) is 11.5 Å². The van der Waals surface area contributed by atoms with Gasteiger partial charge in [0.05, 0.1) is 46.2 Å². The van der Waals surface area contributed by atoms with E-state index in [0.29, 0.717) is 59.4 Å². The van der Waals surface area contributed by atoms with Gasteiger partial charge in [-0.1, -0.05) is 0 Å². The van der Waals surface area contributed by atoms with Gasteiger partial charge in [-0.3, -0.25) is 0 Å². The van der Waals surface area contributed by atoms with E-state index in [4.69, 9.17) is 23.7 Å². The van der Waals surface area contributed by atoms with Gasteiger partial charge in [0, 0.05) is 5.56 Å². The highest BCUT2D eigenvalue weighted by Crippen LogP contribution is 2.28. The number of ether oxygens (including phenoxy) is 5. The van der Waals surface area contributed by atoms with Crippen LogP contribution >= 0.6 is 0 Å². The summed E-state index contributed by atoms with van der Waals surface area (Å²) < 4.78 is 27.7. The molecule has 2 rings (SSSR count). The Bertz CT molecular complexity index is 413. The minimum Gasteiger partial charge on any atom is -0.487 e. The molecule has 0 aromatic heterocycles. The molecule has 0 saturated carbocycles. The fourth-order valence-corrected chi connectivity index (χ4v) is 1.90. The lowest BCUT2D eigenvalue weighted by Crippen LogP contribution is -2.47. The number of quaternary nitrogens is 1. The maximum absolute atomic E-state index is 5.75. The first-order valence-electron chi connectivity index (χ1n) is 7.31. The monoisotopic (exact) mass is 298 g/mol. The summed E-state index contributed by atoms with van der Waals surface area (Å²) in [6.07, 6.45) is 0. The van der Waals surface area contributed by atoms with Crippen LogP contribution in [-0.4, -0.2) is 52.9 Å². The molecule has 118 valence electrons. The molecule has 0 fully saturated rings. The van der Waals surface area contributed by atoms with Crippen molar-refractivity contribution in [3.63, 3.8) is 0 Å². The molecule has 0 saturated heterocycles. The molecular formula is C15H24NO5+. The van der Waals surface area contributed by atoms with Crippen LogP contribution in [0.5, 0.6) is 11.5 Å². The topological polar surface area (TPSA) is 73.8 Å². The van der Waals surface area contributed by atoms with Crippen LogP contribution in [0.2, 0.25) is 0 Å². The zero-order chi connectivity index (χ0) is 14.8. The number of benzene rings is 1. The van der Waals surface area contributed by atoms with E-state index < -0.39 is 0 Å². The van der Waals surface area contributed by atoms with Gasteiger partial charge < -0.3 is 29.4 Å². The Morgan fingerprint density at radius 1 is 0.714 bits per heavy atom. The van der Waals surface area contributed by atoms with E-state index in [0.717, 1.165) is 17.1 Å². The smallest absolute Gasteiger partial charge is 0.161 e. The highest BCUT2D eigenvalue weighted by Gasteiger charge is 2.08. The highest BCUT2D eigenvalue weighted by atomic mass is 16.6. The Morgan fingerprint density at radius 2 is 1.24 bits per heavy atom. The molecule has 0 spiro atoms. The van der Waals surface area contributed by atoms with Crippen LogP contribution < -0.4 is 15.2 Å². The van der Waals surface area contributed by atoms with Crippen LogP contribution in [-0.2, 0) is 20.8 Å². The maximum atomic E-state index is 5.75. The molecule has 0 atom stereocenters. The van der Waals surface area contributed by atoms with Gasteiger partial charge in [-0.2, -0.15) is 0 Å². The zero-order valence-electron chi connectivity index (χ0n) is 12.3. The third-order valence-corrected chi connectivity index (χ3v) is 3.01. The van der Waals surface area contributed by atoms with Crippen LogP contribution in [0.1, 0.15) is 5.56 Å². The summed E-state index contributed by atoms with van der Waals surface area (Å²) in [6, 6.07) is 5.87. The molecule has 3 N–H and O–H groups in total. The van der Waals surface area contributed by atoms with E-state index in [1.165, 1.54) is 0 Å². The van der Waals surface area contributed by atoms with Crippen molar-refractivity contribution < 1.29 is 29.4 Å². The van der Waals surface area contributed by atoms with Crippen molar-refractivity contribution in [3.05, 3.63) is 23.8 Å². The first kappa shape index (κ1) is 16.0. The van der Waals surface area contributed by atoms with Crippen molar-refractivity contribution in [1.29, 1.82) is 0 Å². The normalized spacial score (nSPS) is 18.5. The molecule has 0 unspecified atom stereocenters. The molecule has 6 heteroatoms. The molecule has 0 bridgehead atoms. The summed E-state index contributed by atoms with van der Waals surface area (Å²) in [4.78, 5) is 0. The largest absolute Gasteiger partial charge is 0.487 e. The van der Waals surface area contributed by atoms with E-state index in [1.54, 1.807) is 0 Å². The Morgan fingerprint density at radius 3 is 1.81 bits per heavy atom. The molecule has 6 nitrogen and oxygen atoms in total. The lowest BCUT2D eigenvalue weighted by atomic mass is 10.2. The van der Waals surface area contributed by atoms with E-state index in [9.17, 15) is 0 Å². The lowest BCUT2D eigenvalue weighted by Gasteiger charge is -2.13. The van der Waals surface area contributed by atoms with Crippen molar-refractivity contribution in [2.75, 3.05) is 52.9 Å². The fraction of sp³-hybridized carbons (Fsp3) is 0.600. The third kappa shape index (κ3) is 5.89. The summed E-state index contributed by atoms with van der Waals surface area (Å²) in [5, 5.41) is 0. The number of hydrogen-bond donors (Lipinski definition) is 1. The summed E-state index contributed by atoms with van der Waals surface area (Å²) in [5.74, 6) is 1.45. The molecular weight excluding hydrogens is 274 g/mol. The molecule has 1 aliphatic heterocycles. The van der Waals surface area contributed by atoms with Crippen LogP contribution in [0.25, 0.3) is 0 Å². The fourth-order valence-electron chi connectivity index (χ4n) is 1.90. The SMILES string of the molecule is [NH3+]Cc1ccc2c(c1)OCCOCCOCCOCCO2. The Hall–Kier alpha value is -1.34. The Kier molecular flexibility index (Phi) is 7.31. The van der Waals surface area contributed by atoms with Crippen LogP contribution in [0, 0.1) is 0 Å². The molecule has 1 aromatic rings. The van der Waals surface area contributed by atoms with Crippen molar-refractivity contribution in [2.24, 2.45) is 0 Å². The van der Waals surface area contributed by atoms with Crippen molar-refractivity contribution in [2.45, 2.75) is 6.54 Å². The third-order valence-electron chi connectivity index (χ3n) is 3.01. The summed E-state index contributed by atoms with van der Waals surface area (Å²) in [5.41, 5.74) is 5.00. The maximum Gasteiger partial charge on any atom is 0.161 e. The van der Waals surface area contributed by atoms with Gasteiger partial charge in [0.2, 0.25) is 0 Å². The standard InChI is InChI=1S/C15H23NO5/c16-12-13-1-2-14-15(11-13)21-10-8-19-6-4-17-3-5-18-7-9-20-14/h1-2,11H,3-10,12,16H2/p+1. The molecule has 0 radical (unpaired) electrons. The quantitative estimate of drug-likeness (QED) is 0.804. The van der Waals surface area contributed by atoms with Crippen LogP contribution in [0.4, 0.5) is 0 Å². The minimum absolute atomic E-state index is 0.480. The van der Waals surface area contributed by atoms with Crippen LogP contribution in [0.3, 0.4) is 0 Å². The minimum atomic E-state index is 0.480. The average Bonchev–Trinajstić information content (AvgIpc) is 2.52. The van der Waals surface area contributed by atoms with Gasteiger partial charge >= 0.3 is 0 Å². The second kappa shape index (κ2) is 9.57. The predicted octanol–water partition coefficient (Wildman–Crippen LogP) is 0.250. The first-order chi connectivity index (χ1) is 10.4. The summed E-state index contributed by atoms with van der Waals surface area (Å²) in [7, 11) is 0. The van der Waals surface area contributed by atoms with Gasteiger partial charge in [-0.15, -0.1) is 0 Å².